The molecular weight excluding hydrogens is 338 g/mol. The van der Waals surface area contributed by atoms with E-state index in [1.54, 1.807) is 11.3 Å². The summed E-state index contributed by atoms with van der Waals surface area (Å²) in [6.45, 7) is 9.19. The molecule has 1 heterocycles. The van der Waals surface area contributed by atoms with Gasteiger partial charge < -0.3 is 10.1 Å². The van der Waals surface area contributed by atoms with Gasteiger partial charge in [0.2, 0.25) is 0 Å². The van der Waals surface area contributed by atoms with Gasteiger partial charge in [0, 0.05) is 18.1 Å². The van der Waals surface area contributed by atoms with Gasteiger partial charge in [0.05, 0.1) is 0 Å². The Bertz CT molecular complexity index is 710. The highest BCUT2D eigenvalue weighted by atomic mass is 32.1. The van der Waals surface area contributed by atoms with Crippen molar-refractivity contribution in [2.24, 2.45) is 0 Å². The monoisotopic (exact) mass is 373 g/mol. The normalized spacial score (nSPS) is 11.0. The zero-order chi connectivity index (χ0) is 19.2. The molecule has 2 nitrogen and oxygen atoms in total. The molecule has 3 heteroatoms. The first kappa shape index (κ1) is 22.2. The zero-order valence-electron chi connectivity index (χ0n) is 16.8. The number of benzene rings is 2. The summed E-state index contributed by atoms with van der Waals surface area (Å²) in [4.78, 5) is 1.28. The molecule has 0 spiro atoms. The molecule has 0 amide bonds. The van der Waals surface area contributed by atoms with Gasteiger partial charge in [-0.2, -0.15) is 0 Å². The quantitative estimate of drug-likeness (QED) is 0.489. The van der Waals surface area contributed by atoms with E-state index in [4.69, 9.17) is 4.74 Å². The van der Waals surface area contributed by atoms with Crippen LogP contribution in [0.1, 0.15) is 52.9 Å². The maximum atomic E-state index is 6.34. The van der Waals surface area contributed by atoms with Crippen LogP contribution < -0.4 is 10.1 Å². The lowest BCUT2D eigenvalue weighted by Crippen LogP contribution is -2.15. The number of hydrogen-bond acceptors (Lipinski definition) is 3. The maximum absolute atomic E-state index is 6.34. The largest absolute Gasteiger partial charge is 0.484 e. The van der Waals surface area contributed by atoms with Crippen LogP contribution in [0.3, 0.4) is 0 Å². The van der Waals surface area contributed by atoms with Crippen molar-refractivity contribution >= 4 is 22.1 Å². The molecule has 0 aliphatic rings. The Balaban J connectivity index is 0.00000103. The first-order valence-electron chi connectivity index (χ1n) is 9.62. The van der Waals surface area contributed by atoms with Crippen molar-refractivity contribution < 1.29 is 6.16 Å². The third kappa shape index (κ3) is 6.81. The van der Waals surface area contributed by atoms with Gasteiger partial charge in [-0.05, 0) is 36.5 Å². The van der Waals surface area contributed by atoms with Crippen LogP contribution in [0.5, 0.6) is 5.75 Å². The minimum Gasteiger partial charge on any atom is -0.484 e. The fourth-order valence-corrected chi connectivity index (χ4v) is 3.25. The van der Waals surface area contributed by atoms with Gasteiger partial charge in [-0.25, -0.2) is 0 Å². The third-order valence-electron chi connectivity index (χ3n) is 3.54. The molecule has 0 aliphatic carbocycles. The molecule has 3 aromatic rings. The Hall–Kier alpha value is -1.84. The Labute approximate surface area is 164 Å². The van der Waals surface area contributed by atoms with E-state index in [2.05, 4.69) is 79.1 Å². The lowest BCUT2D eigenvalue weighted by atomic mass is 10.1. The van der Waals surface area contributed by atoms with Gasteiger partial charge in [-0.1, -0.05) is 76.6 Å². The summed E-state index contributed by atoms with van der Waals surface area (Å²) in [5, 5.41) is 7.70. The molecule has 1 N–H and O–H groups in total. The second-order valence-electron chi connectivity index (χ2n) is 5.70. The fourth-order valence-electron chi connectivity index (χ4n) is 2.46. The molecule has 144 valence electrons. The highest BCUT2D eigenvalue weighted by molar-refractivity contribution is 7.10. The standard InChI is InChI=1S/C18H19NOS.C3H8.C2H6.H2/c1-19-12-11-17(18-10-5-13-21-18)20-16-9-4-7-14-6-2-3-8-15(14)16;1-3-2;1-2;/h2-10,13,17,19H,11-12H2,1H3;3H2,1-2H3;1-2H3;1H/t17-;;;/m0.../s1. The molecule has 0 radical (unpaired) electrons. The second kappa shape index (κ2) is 13.4. The topological polar surface area (TPSA) is 21.3 Å². The fraction of sp³-hybridized carbons (Fsp3) is 0.391. The molecule has 0 unspecified atom stereocenters. The van der Waals surface area contributed by atoms with Crippen LogP contribution in [0.15, 0.2) is 60.0 Å². The van der Waals surface area contributed by atoms with Crippen molar-refractivity contribution in [2.75, 3.05) is 13.6 Å². The van der Waals surface area contributed by atoms with Crippen molar-refractivity contribution in [3.63, 3.8) is 0 Å². The second-order valence-corrected chi connectivity index (χ2v) is 6.68. The molecule has 0 saturated carbocycles. The van der Waals surface area contributed by atoms with Gasteiger partial charge in [0.25, 0.3) is 0 Å². The van der Waals surface area contributed by atoms with E-state index < -0.39 is 0 Å². The highest BCUT2D eigenvalue weighted by Gasteiger charge is 2.15. The van der Waals surface area contributed by atoms with E-state index in [0.717, 1.165) is 18.7 Å². The number of rotatable bonds is 6. The number of fused-ring (bicyclic) bond motifs is 1. The summed E-state index contributed by atoms with van der Waals surface area (Å²) in [5.74, 6) is 0.961. The lowest BCUT2D eigenvalue weighted by Gasteiger charge is -2.19. The maximum Gasteiger partial charge on any atom is 0.134 e. The van der Waals surface area contributed by atoms with Crippen molar-refractivity contribution in [2.45, 2.75) is 46.6 Å². The average Bonchev–Trinajstić information content (AvgIpc) is 3.22. The van der Waals surface area contributed by atoms with Crippen LogP contribution in [-0.4, -0.2) is 13.6 Å². The van der Waals surface area contributed by atoms with E-state index >= 15 is 0 Å². The van der Waals surface area contributed by atoms with Crippen LogP contribution in [0.2, 0.25) is 0 Å². The predicted molar refractivity (Wildman–Crippen MR) is 120 cm³/mol. The van der Waals surface area contributed by atoms with Crippen molar-refractivity contribution in [3.05, 3.63) is 64.9 Å². The van der Waals surface area contributed by atoms with Crippen molar-refractivity contribution in [1.29, 1.82) is 0 Å². The minimum absolute atomic E-state index is 0. The van der Waals surface area contributed by atoms with Crippen LogP contribution >= 0.6 is 11.3 Å². The first-order chi connectivity index (χ1) is 12.8. The van der Waals surface area contributed by atoms with Gasteiger partial charge >= 0.3 is 0 Å². The SMILES string of the molecule is CC.CCC.CNCC[C@H](Oc1cccc2ccccc12)c1cccs1.[HH]. The van der Waals surface area contributed by atoms with Crippen LogP contribution in [0.4, 0.5) is 0 Å². The minimum atomic E-state index is 0. The van der Waals surface area contributed by atoms with E-state index in [-0.39, 0.29) is 7.53 Å². The summed E-state index contributed by atoms with van der Waals surface area (Å²) < 4.78 is 6.34. The van der Waals surface area contributed by atoms with Gasteiger partial charge in [-0.3, -0.25) is 0 Å². The molecule has 0 saturated heterocycles. The average molecular weight is 374 g/mol. The summed E-state index contributed by atoms with van der Waals surface area (Å²) in [5.41, 5.74) is 0. The summed E-state index contributed by atoms with van der Waals surface area (Å²) >= 11 is 1.75. The van der Waals surface area contributed by atoms with Crippen LogP contribution in [-0.2, 0) is 0 Å². The Morgan fingerprint density at radius 3 is 2.35 bits per heavy atom. The van der Waals surface area contributed by atoms with E-state index in [9.17, 15) is 0 Å². The molecule has 1 aromatic heterocycles. The van der Waals surface area contributed by atoms with Crippen molar-refractivity contribution in [1.82, 2.24) is 5.32 Å². The van der Waals surface area contributed by atoms with Gasteiger partial charge in [0.15, 0.2) is 0 Å². The number of nitrogens with one attached hydrogen (secondary N) is 1. The Morgan fingerprint density at radius 1 is 1.00 bits per heavy atom. The Kier molecular flexibility index (Phi) is 11.4. The lowest BCUT2D eigenvalue weighted by molar-refractivity contribution is 0.201. The number of hydrogen-bond donors (Lipinski definition) is 1. The molecule has 0 bridgehead atoms. The molecule has 1 atom stereocenters. The van der Waals surface area contributed by atoms with Gasteiger partial charge in [-0.15, -0.1) is 11.3 Å². The smallest absolute Gasteiger partial charge is 0.134 e. The highest BCUT2D eigenvalue weighted by Crippen LogP contribution is 2.32. The predicted octanol–water partition coefficient (Wildman–Crippen LogP) is 7.32. The number of ether oxygens (including phenoxy) is 1. The number of thiophene rings is 1. The summed E-state index contributed by atoms with van der Waals surface area (Å²) in [6, 6.07) is 18.8. The van der Waals surface area contributed by atoms with E-state index in [1.807, 2.05) is 20.9 Å². The molecule has 3 rings (SSSR count). The van der Waals surface area contributed by atoms with Crippen LogP contribution in [0, 0.1) is 0 Å². The van der Waals surface area contributed by atoms with Gasteiger partial charge in [0.1, 0.15) is 11.9 Å². The van der Waals surface area contributed by atoms with E-state index in [0.29, 0.717) is 0 Å². The molecular formula is C23H35NOS. The van der Waals surface area contributed by atoms with Crippen LogP contribution in [0.25, 0.3) is 10.8 Å². The molecule has 26 heavy (non-hydrogen) atoms. The zero-order valence-corrected chi connectivity index (χ0v) is 17.6. The summed E-state index contributed by atoms with van der Waals surface area (Å²) in [6.07, 6.45) is 2.31. The summed E-state index contributed by atoms with van der Waals surface area (Å²) in [7, 11) is 1.98. The Morgan fingerprint density at radius 2 is 1.69 bits per heavy atom. The van der Waals surface area contributed by atoms with Crippen molar-refractivity contribution in [3.8, 4) is 5.75 Å². The molecule has 0 aliphatic heterocycles. The van der Waals surface area contributed by atoms with E-state index in [1.165, 1.54) is 22.1 Å². The molecule has 2 aromatic carbocycles. The molecule has 0 fully saturated rings. The third-order valence-corrected chi connectivity index (χ3v) is 4.50. The first-order valence-corrected chi connectivity index (χ1v) is 10.5.